The van der Waals surface area contributed by atoms with Crippen LogP contribution in [0.15, 0.2) is 54.6 Å². The van der Waals surface area contributed by atoms with Gasteiger partial charge in [-0.25, -0.2) is 13.2 Å². The van der Waals surface area contributed by atoms with E-state index in [1.54, 1.807) is 30.3 Å². The van der Waals surface area contributed by atoms with Crippen molar-refractivity contribution in [2.75, 3.05) is 24.2 Å². The number of nitrogens with one attached hydrogen (secondary N) is 1. The third-order valence-electron chi connectivity index (χ3n) is 4.03. The molecule has 32 heavy (non-hydrogen) atoms. The number of carbonyl (C=O) groups is 2. The largest absolute Gasteiger partial charge is 0.573 e. The molecule has 12 heteroatoms. The van der Waals surface area contributed by atoms with E-state index in [0.29, 0.717) is 16.2 Å². The molecule has 0 fully saturated rings. The van der Waals surface area contributed by atoms with Crippen molar-refractivity contribution in [3.8, 4) is 5.75 Å². The van der Waals surface area contributed by atoms with E-state index in [2.05, 4.69) is 10.1 Å². The van der Waals surface area contributed by atoms with Crippen molar-refractivity contribution in [2.45, 2.75) is 12.1 Å². The van der Waals surface area contributed by atoms with E-state index in [9.17, 15) is 31.2 Å². The quantitative estimate of drug-likeness (QED) is 0.549. The molecule has 3 N–H and O–H groups in total. The van der Waals surface area contributed by atoms with Crippen molar-refractivity contribution in [1.82, 2.24) is 4.90 Å². The van der Waals surface area contributed by atoms with E-state index >= 15 is 0 Å². The van der Waals surface area contributed by atoms with Crippen LogP contribution >= 0.6 is 0 Å². The van der Waals surface area contributed by atoms with Crippen LogP contribution in [0.1, 0.15) is 5.56 Å². The number of rotatable bonds is 10. The lowest BCUT2D eigenvalue weighted by Crippen LogP contribution is -2.44. The molecule has 2 aromatic carbocycles. The average Bonchev–Trinajstić information content (AvgIpc) is 2.70. The van der Waals surface area contributed by atoms with Crippen molar-refractivity contribution in [3.05, 3.63) is 66.6 Å². The molecular weight excluding hydrogens is 451 g/mol. The zero-order valence-corrected chi connectivity index (χ0v) is 17.5. The number of alkyl halides is 3. The minimum absolute atomic E-state index is 0.0265. The predicted molar refractivity (Wildman–Crippen MR) is 111 cm³/mol. The number of hydrogen-bond acceptors (Lipinski definition) is 6. The number of nitrogens with two attached hydrogens (primary N) is 1. The highest BCUT2D eigenvalue weighted by Gasteiger charge is 2.31. The molecule has 2 aromatic rings. The summed E-state index contributed by atoms with van der Waals surface area (Å²) in [5, 5.41) is 2.81. The molecule has 0 bridgehead atoms. The minimum Gasteiger partial charge on any atom is -0.406 e. The summed E-state index contributed by atoms with van der Waals surface area (Å²) < 4.78 is 64.7. The number of primary amides is 1. The molecule has 0 unspecified atom stereocenters. The molecule has 173 valence electrons. The number of ether oxygens (including phenoxy) is 1. The summed E-state index contributed by atoms with van der Waals surface area (Å²) >= 11 is 0. The number of benzene rings is 2. The Morgan fingerprint density at radius 1 is 1.06 bits per heavy atom. The molecule has 1 radical (unpaired) electrons. The molecule has 0 aliphatic carbocycles. The highest BCUT2D eigenvalue weighted by molar-refractivity contribution is 7.90. The van der Waals surface area contributed by atoms with Gasteiger partial charge >= 0.3 is 12.4 Å². The summed E-state index contributed by atoms with van der Waals surface area (Å²) in [6.07, 6.45) is -3.94. The first kappa shape index (κ1) is 25.0. The Kier molecular flexibility index (Phi) is 8.47. The molecule has 0 aromatic heterocycles. The number of urea groups is 1. The number of hydrogen-bond donors (Lipinski definition) is 2. The Bertz CT molecular complexity index is 1010. The van der Waals surface area contributed by atoms with E-state index in [1.165, 1.54) is 12.1 Å². The van der Waals surface area contributed by atoms with Crippen molar-refractivity contribution in [1.29, 1.82) is 0 Å². The van der Waals surface area contributed by atoms with E-state index in [-0.39, 0.29) is 18.8 Å². The summed E-state index contributed by atoms with van der Waals surface area (Å²) in [6.45, 7) is -0.164. The minimum atomic E-state index is -4.80. The van der Waals surface area contributed by atoms with Gasteiger partial charge in [-0.15, -0.1) is 13.2 Å². The Balaban J connectivity index is 1.85. The first-order valence-electron chi connectivity index (χ1n) is 9.23. The molecule has 0 aliphatic rings. The van der Waals surface area contributed by atoms with Gasteiger partial charge in [-0.05, 0) is 29.8 Å². The Morgan fingerprint density at radius 2 is 1.69 bits per heavy atom. The highest BCUT2D eigenvalue weighted by Crippen LogP contribution is 2.23. The SMILES string of the molecule is NC(=O)N(CCNc1ccc(OC(F)(F)F)cc1)C(=O)[CH]CS(=O)(=O)Cc1ccccc1. The maximum absolute atomic E-state index is 12.3. The van der Waals surface area contributed by atoms with Crippen LogP contribution in [0.25, 0.3) is 0 Å². The van der Waals surface area contributed by atoms with E-state index < -0.39 is 39.6 Å². The summed E-state index contributed by atoms with van der Waals surface area (Å²) in [5.74, 6) is -2.10. The van der Waals surface area contributed by atoms with Gasteiger partial charge in [-0.3, -0.25) is 9.69 Å². The normalized spacial score (nSPS) is 11.6. The number of imide groups is 1. The highest BCUT2D eigenvalue weighted by atomic mass is 32.2. The predicted octanol–water partition coefficient (Wildman–Crippen LogP) is 2.72. The number of anilines is 1. The van der Waals surface area contributed by atoms with Crippen LogP contribution in [-0.2, 0) is 20.4 Å². The van der Waals surface area contributed by atoms with Gasteiger partial charge in [-0.2, -0.15) is 0 Å². The van der Waals surface area contributed by atoms with E-state index in [4.69, 9.17) is 5.73 Å². The molecular formula is C20H21F3N3O5S. The second-order valence-electron chi connectivity index (χ2n) is 6.57. The van der Waals surface area contributed by atoms with Crippen LogP contribution in [0.5, 0.6) is 5.75 Å². The standard InChI is InChI=1S/C20H21F3N3O5S/c21-20(22,23)31-17-8-6-16(7-9-17)25-11-12-26(19(24)28)18(27)10-13-32(29,30)14-15-4-2-1-3-5-15/h1-10,25H,11-14H2,(H2,24,28). The number of nitrogens with zero attached hydrogens (tertiary/aromatic N) is 1. The topological polar surface area (TPSA) is 119 Å². The van der Waals surface area contributed by atoms with Crippen molar-refractivity contribution >= 4 is 27.5 Å². The van der Waals surface area contributed by atoms with Gasteiger partial charge in [0.05, 0.1) is 17.9 Å². The van der Waals surface area contributed by atoms with Crippen LogP contribution in [-0.4, -0.2) is 50.5 Å². The lowest BCUT2D eigenvalue weighted by molar-refractivity contribution is -0.274. The number of sulfone groups is 1. The lowest BCUT2D eigenvalue weighted by Gasteiger charge is -2.19. The van der Waals surface area contributed by atoms with Crippen molar-refractivity contribution < 1.29 is 35.9 Å². The molecule has 0 atom stereocenters. The van der Waals surface area contributed by atoms with Crippen molar-refractivity contribution in [3.63, 3.8) is 0 Å². The molecule has 0 aliphatic heterocycles. The first-order valence-corrected chi connectivity index (χ1v) is 11.1. The fraction of sp³-hybridized carbons (Fsp3) is 0.250. The van der Waals surface area contributed by atoms with Crippen LogP contribution in [0, 0.1) is 6.42 Å². The Morgan fingerprint density at radius 3 is 2.25 bits per heavy atom. The van der Waals surface area contributed by atoms with Gasteiger partial charge in [0, 0.05) is 18.8 Å². The third kappa shape index (κ3) is 8.84. The molecule has 0 saturated heterocycles. The van der Waals surface area contributed by atoms with Gasteiger partial charge in [0.15, 0.2) is 9.84 Å². The molecule has 0 spiro atoms. The zero-order chi connectivity index (χ0) is 23.8. The number of amides is 3. The summed E-state index contributed by atoms with van der Waals surface area (Å²) in [5.41, 5.74) is 6.18. The van der Waals surface area contributed by atoms with E-state index in [0.717, 1.165) is 18.6 Å². The van der Waals surface area contributed by atoms with Crippen LogP contribution in [0.4, 0.5) is 23.7 Å². The van der Waals surface area contributed by atoms with Crippen molar-refractivity contribution in [2.24, 2.45) is 5.73 Å². The van der Waals surface area contributed by atoms with Gasteiger partial charge < -0.3 is 15.8 Å². The fourth-order valence-electron chi connectivity index (χ4n) is 2.61. The molecule has 0 heterocycles. The van der Waals surface area contributed by atoms with E-state index in [1.807, 2.05) is 0 Å². The number of halogens is 3. The molecule has 3 amide bonds. The monoisotopic (exact) mass is 472 g/mol. The third-order valence-corrected chi connectivity index (χ3v) is 5.47. The Labute approximate surface area is 183 Å². The lowest BCUT2D eigenvalue weighted by atomic mass is 10.2. The van der Waals surface area contributed by atoms with Crippen LogP contribution in [0.3, 0.4) is 0 Å². The van der Waals surface area contributed by atoms with Gasteiger partial charge in [0.1, 0.15) is 5.75 Å². The van der Waals surface area contributed by atoms with Gasteiger partial charge in [0.25, 0.3) is 0 Å². The first-order chi connectivity index (χ1) is 15.0. The Hall–Kier alpha value is -3.28. The molecule has 0 saturated carbocycles. The summed E-state index contributed by atoms with van der Waals surface area (Å²) in [4.78, 5) is 24.5. The smallest absolute Gasteiger partial charge is 0.406 e. The zero-order valence-electron chi connectivity index (χ0n) is 16.7. The molecule has 2 rings (SSSR count). The molecule has 8 nitrogen and oxygen atoms in total. The van der Waals surface area contributed by atoms with Gasteiger partial charge in [-0.1, -0.05) is 30.3 Å². The second kappa shape index (κ2) is 10.8. The van der Waals surface area contributed by atoms with Crippen LogP contribution < -0.4 is 15.8 Å². The maximum Gasteiger partial charge on any atom is 0.573 e. The number of carbonyl (C=O) groups excluding carboxylic acids is 2. The fourth-order valence-corrected chi connectivity index (χ4v) is 3.83. The second-order valence-corrected chi connectivity index (χ2v) is 8.68. The summed E-state index contributed by atoms with van der Waals surface area (Å²) in [6, 6.07) is 12.2. The summed E-state index contributed by atoms with van der Waals surface area (Å²) in [7, 11) is -3.63. The van der Waals surface area contributed by atoms with Crippen LogP contribution in [0.2, 0.25) is 0 Å². The van der Waals surface area contributed by atoms with Gasteiger partial charge in [0.2, 0.25) is 5.91 Å². The average molecular weight is 472 g/mol. The maximum atomic E-state index is 12.3.